The number of aryl methyl sites for hydroxylation is 1. The molecule has 4 rings (SSSR count). The van der Waals surface area contributed by atoms with Crippen molar-refractivity contribution in [2.24, 2.45) is 0 Å². The van der Waals surface area contributed by atoms with Crippen LogP contribution in [0.15, 0.2) is 54.1 Å². The zero-order valence-corrected chi connectivity index (χ0v) is 21.4. The predicted molar refractivity (Wildman–Crippen MR) is 138 cm³/mol. The number of benzene rings is 2. The van der Waals surface area contributed by atoms with Crippen molar-refractivity contribution in [3.05, 3.63) is 75.8 Å². The van der Waals surface area contributed by atoms with E-state index < -0.39 is 23.7 Å². The molecule has 1 aliphatic rings. The Kier molecular flexibility index (Phi) is 7.58. The van der Waals surface area contributed by atoms with Gasteiger partial charge in [-0.2, -0.15) is 0 Å². The lowest BCUT2D eigenvalue weighted by Crippen LogP contribution is -2.29. The van der Waals surface area contributed by atoms with Crippen LogP contribution in [0.3, 0.4) is 0 Å². The number of thiazole rings is 1. The Balaban J connectivity index is 1.87. The number of rotatable bonds is 8. The van der Waals surface area contributed by atoms with Crippen molar-refractivity contribution < 1.29 is 34.1 Å². The lowest BCUT2D eigenvalue weighted by atomic mass is 9.95. The number of phenols is 1. The Hall–Kier alpha value is -4.18. The van der Waals surface area contributed by atoms with E-state index in [-0.39, 0.29) is 33.7 Å². The Morgan fingerprint density at radius 2 is 1.86 bits per heavy atom. The number of anilines is 1. The number of nitrogens with zero attached hydrogens (tertiary/aromatic N) is 2. The number of esters is 1. The van der Waals surface area contributed by atoms with E-state index in [0.29, 0.717) is 29.2 Å². The summed E-state index contributed by atoms with van der Waals surface area (Å²) in [5.41, 5.74) is 0.972. The summed E-state index contributed by atoms with van der Waals surface area (Å²) in [6.07, 6.45) is 0.795. The molecule has 2 N–H and O–H groups in total. The van der Waals surface area contributed by atoms with E-state index in [9.17, 15) is 24.6 Å². The Morgan fingerprint density at radius 3 is 2.54 bits per heavy atom. The first kappa shape index (κ1) is 25.9. The molecule has 1 fully saturated rings. The number of phenolic OH excluding ortho intramolecular Hbond substituents is 1. The van der Waals surface area contributed by atoms with Gasteiger partial charge in [-0.05, 0) is 50.1 Å². The summed E-state index contributed by atoms with van der Waals surface area (Å²) in [6, 6.07) is 11.5. The molecule has 0 radical (unpaired) electrons. The molecule has 10 heteroatoms. The number of carbonyl (C=O) groups excluding carboxylic acids is 3. The third-order valence-electron chi connectivity index (χ3n) is 5.69. The van der Waals surface area contributed by atoms with Crippen LogP contribution in [0.1, 0.15) is 52.8 Å². The van der Waals surface area contributed by atoms with Gasteiger partial charge in [0.15, 0.2) is 5.13 Å². The monoisotopic (exact) mass is 522 g/mol. The van der Waals surface area contributed by atoms with Crippen LogP contribution in [0, 0.1) is 6.92 Å². The van der Waals surface area contributed by atoms with Crippen LogP contribution in [0.2, 0.25) is 0 Å². The standard InChI is InChI=1S/C27H26N2O7S/c1-4-13-36-19-8-6-7-17(14-19)22(31)20-21(16-9-11-18(30)12-10-16)29(25(33)23(20)32)27-28-15(3)24(37-27)26(34)35-5-2/h6-12,14,21,30-31H,4-5,13H2,1-3H3. The zero-order valence-electron chi connectivity index (χ0n) is 20.6. The van der Waals surface area contributed by atoms with Crippen LogP contribution in [-0.2, 0) is 14.3 Å². The molecule has 1 atom stereocenters. The lowest BCUT2D eigenvalue weighted by Gasteiger charge is -2.23. The van der Waals surface area contributed by atoms with Crippen LogP contribution in [0.25, 0.3) is 5.76 Å². The minimum Gasteiger partial charge on any atom is -0.508 e. The normalized spacial score (nSPS) is 16.7. The first-order chi connectivity index (χ1) is 17.8. The van der Waals surface area contributed by atoms with Gasteiger partial charge in [0.05, 0.1) is 30.5 Å². The number of aliphatic hydroxyl groups excluding tert-OH is 1. The number of amides is 1. The average molecular weight is 523 g/mol. The number of hydrogen-bond acceptors (Lipinski definition) is 9. The second-order valence-corrected chi connectivity index (χ2v) is 9.25. The number of aliphatic hydroxyl groups is 1. The molecule has 2 aromatic carbocycles. The molecule has 1 amide bonds. The summed E-state index contributed by atoms with van der Waals surface area (Å²) in [5.74, 6) is -2.25. The van der Waals surface area contributed by atoms with E-state index in [1.54, 1.807) is 50.2 Å². The van der Waals surface area contributed by atoms with Gasteiger partial charge in [0.25, 0.3) is 5.78 Å². The number of carbonyl (C=O) groups is 3. The fourth-order valence-corrected chi connectivity index (χ4v) is 4.97. The predicted octanol–water partition coefficient (Wildman–Crippen LogP) is 4.75. The number of Topliss-reactive ketones (excluding diaryl/α,β-unsaturated/α-hetero) is 1. The van der Waals surface area contributed by atoms with Crippen molar-refractivity contribution >= 4 is 39.9 Å². The summed E-state index contributed by atoms with van der Waals surface area (Å²) < 4.78 is 10.7. The molecule has 1 saturated heterocycles. The first-order valence-electron chi connectivity index (χ1n) is 11.7. The molecular formula is C27H26N2O7S. The Morgan fingerprint density at radius 1 is 1.14 bits per heavy atom. The zero-order chi connectivity index (χ0) is 26.7. The van der Waals surface area contributed by atoms with Gasteiger partial charge in [-0.3, -0.25) is 14.5 Å². The summed E-state index contributed by atoms with van der Waals surface area (Å²) in [5, 5.41) is 21.2. The molecule has 0 bridgehead atoms. The highest BCUT2D eigenvalue weighted by Gasteiger charge is 2.48. The summed E-state index contributed by atoms with van der Waals surface area (Å²) in [4.78, 5) is 44.8. The van der Waals surface area contributed by atoms with Crippen molar-refractivity contribution in [1.82, 2.24) is 4.98 Å². The second kappa shape index (κ2) is 10.8. The topological polar surface area (TPSA) is 126 Å². The van der Waals surface area contributed by atoms with E-state index in [2.05, 4.69) is 4.98 Å². The molecule has 1 aromatic heterocycles. The van der Waals surface area contributed by atoms with Crippen molar-refractivity contribution in [1.29, 1.82) is 0 Å². The first-order valence-corrected chi connectivity index (χ1v) is 12.6. The van der Waals surface area contributed by atoms with Crippen molar-refractivity contribution in [2.45, 2.75) is 33.2 Å². The molecular weight excluding hydrogens is 496 g/mol. The summed E-state index contributed by atoms with van der Waals surface area (Å²) >= 11 is 0.927. The van der Waals surface area contributed by atoms with Gasteiger partial charge in [0, 0.05) is 5.56 Å². The maximum atomic E-state index is 13.3. The van der Waals surface area contributed by atoms with E-state index in [1.807, 2.05) is 6.92 Å². The smallest absolute Gasteiger partial charge is 0.350 e. The molecule has 1 unspecified atom stereocenters. The van der Waals surface area contributed by atoms with Gasteiger partial charge >= 0.3 is 11.9 Å². The van der Waals surface area contributed by atoms with E-state index in [0.717, 1.165) is 22.7 Å². The van der Waals surface area contributed by atoms with Gasteiger partial charge in [-0.15, -0.1) is 0 Å². The SMILES string of the molecule is CCCOc1cccc(C(O)=C2C(=O)C(=O)N(c3nc(C)c(C(=O)OCC)s3)C2c2ccc(O)cc2)c1. The fraction of sp³-hybridized carbons (Fsp3) is 0.259. The molecule has 0 aliphatic carbocycles. The minimum atomic E-state index is -1.05. The summed E-state index contributed by atoms with van der Waals surface area (Å²) in [6.45, 7) is 5.91. The minimum absolute atomic E-state index is 0.00355. The van der Waals surface area contributed by atoms with Crippen LogP contribution in [-0.4, -0.2) is 46.1 Å². The molecule has 3 aromatic rings. The third-order valence-corrected chi connectivity index (χ3v) is 6.82. The van der Waals surface area contributed by atoms with Gasteiger partial charge in [0.2, 0.25) is 0 Å². The van der Waals surface area contributed by atoms with Gasteiger partial charge in [-0.25, -0.2) is 9.78 Å². The highest BCUT2D eigenvalue weighted by molar-refractivity contribution is 7.17. The molecule has 9 nitrogen and oxygen atoms in total. The number of aromatic nitrogens is 1. The van der Waals surface area contributed by atoms with Crippen molar-refractivity contribution in [3.63, 3.8) is 0 Å². The van der Waals surface area contributed by atoms with Gasteiger partial charge in [-0.1, -0.05) is 42.5 Å². The van der Waals surface area contributed by atoms with E-state index >= 15 is 0 Å². The van der Waals surface area contributed by atoms with Crippen molar-refractivity contribution in [3.8, 4) is 11.5 Å². The number of aromatic hydroxyl groups is 1. The highest BCUT2D eigenvalue weighted by Crippen LogP contribution is 2.44. The number of ketones is 1. The van der Waals surface area contributed by atoms with Crippen LogP contribution in [0.5, 0.6) is 11.5 Å². The second-order valence-electron chi connectivity index (χ2n) is 8.27. The Bertz CT molecular complexity index is 1380. The fourth-order valence-electron chi connectivity index (χ4n) is 3.98. The van der Waals surface area contributed by atoms with Gasteiger partial charge in [0.1, 0.15) is 22.1 Å². The maximum Gasteiger partial charge on any atom is 0.350 e. The quantitative estimate of drug-likeness (QED) is 0.188. The van der Waals surface area contributed by atoms with Crippen molar-refractivity contribution in [2.75, 3.05) is 18.1 Å². The average Bonchev–Trinajstić information content (AvgIpc) is 3.40. The van der Waals surface area contributed by atoms with E-state index in [1.165, 1.54) is 12.1 Å². The molecule has 0 spiro atoms. The maximum absolute atomic E-state index is 13.3. The lowest BCUT2D eigenvalue weighted by molar-refractivity contribution is -0.132. The number of hydrogen-bond donors (Lipinski definition) is 2. The third kappa shape index (κ3) is 5.05. The van der Waals surface area contributed by atoms with Crippen LogP contribution in [0.4, 0.5) is 5.13 Å². The molecule has 1 aliphatic heterocycles. The van der Waals surface area contributed by atoms with Crippen LogP contribution >= 0.6 is 11.3 Å². The highest BCUT2D eigenvalue weighted by atomic mass is 32.1. The number of ether oxygens (including phenoxy) is 2. The molecule has 0 saturated carbocycles. The van der Waals surface area contributed by atoms with Gasteiger partial charge < -0.3 is 19.7 Å². The molecule has 192 valence electrons. The Labute approximate surface area is 217 Å². The van der Waals surface area contributed by atoms with E-state index in [4.69, 9.17) is 9.47 Å². The molecule has 37 heavy (non-hydrogen) atoms. The van der Waals surface area contributed by atoms with Crippen LogP contribution < -0.4 is 9.64 Å². The molecule has 2 heterocycles. The summed E-state index contributed by atoms with van der Waals surface area (Å²) in [7, 11) is 0. The largest absolute Gasteiger partial charge is 0.508 e.